The molecule has 0 heterocycles. The van der Waals surface area contributed by atoms with Gasteiger partial charge in [0.2, 0.25) is 0 Å². The molecular weight excluding hydrogens is 200 g/mol. The van der Waals surface area contributed by atoms with Crippen LogP contribution in [0, 0.1) is 0 Å². The van der Waals surface area contributed by atoms with Crippen LogP contribution in [0.5, 0.6) is 0 Å². The minimum Gasteiger partial charge on any atom is -0.468 e. The highest BCUT2D eigenvalue weighted by molar-refractivity contribution is 5.98. The van der Waals surface area contributed by atoms with Crippen LogP contribution in [-0.4, -0.2) is 38.3 Å². The fraction of sp³-hybridized carbons (Fsp3) is 0.625. The Morgan fingerprint density at radius 2 is 1.93 bits per heavy atom. The van der Waals surface area contributed by atoms with Crippen molar-refractivity contribution in [2.45, 2.75) is 19.9 Å². The first-order chi connectivity index (χ1) is 6.99. The van der Waals surface area contributed by atoms with E-state index in [9.17, 15) is 9.59 Å². The van der Waals surface area contributed by atoms with Gasteiger partial charge in [0.05, 0.1) is 7.11 Å². The molecule has 0 aromatic rings. The lowest BCUT2D eigenvalue weighted by atomic mass is 10.4. The normalized spacial score (nSPS) is 10.9. The van der Waals surface area contributed by atoms with Gasteiger partial charge in [0, 0.05) is 13.1 Å². The van der Waals surface area contributed by atoms with E-state index in [1.165, 1.54) is 14.2 Å². The molecule has 15 heavy (non-hydrogen) atoms. The van der Waals surface area contributed by atoms with Gasteiger partial charge >= 0.3 is 18.1 Å². The van der Waals surface area contributed by atoms with Crippen molar-refractivity contribution in [2.75, 3.05) is 14.2 Å². The standard InChI is InChI=1S/C8H16N4O3/c1-5(2)10-7(14)12-8(15-4)11-6(13)9-3/h5H,1-4H3,(H3,9,10,11,12,13,14). The summed E-state index contributed by atoms with van der Waals surface area (Å²) < 4.78 is 4.69. The minimum absolute atomic E-state index is 0.0110. The van der Waals surface area contributed by atoms with Gasteiger partial charge in [-0.05, 0) is 13.8 Å². The molecule has 7 nitrogen and oxygen atoms in total. The van der Waals surface area contributed by atoms with Crippen LogP contribution >= 0.6 is 0 Å². The van der Waals surface area contributed by atoms with Crippen LogP contribution in [0.2, 0.25) is 0 Å². The van der Waals surface area contributed by atoms with Gasteiger partial charge in [-0.1, -0.05) is 0 Å². The fourth-order valence-corrected chi connectivity index (χ4v) is 0.668. The molecule has 0 bridgehead atoms. The van der Waals surface area contributed by atoms with Gasteiger partial charge in [-0.15, -0.1) is 4.99 Å². The fourth-order valence-electron chi connectivity index (χ4n) is 0.668. The monoisotopic (exact) mass is 216 g/mol. The first kappa shape index (κ1) is 13.2. The zero-order valence-corrected chi connectivity index (χ0v) is 9.25. The molecule has 0 aromatic heterocycles. The topological polar surface area (TPSA) is 91.8 Å². The molecule has 0 aliphatic carbocycles. The molecule has 0 saturated heterocycles. The van der Waals surface area contributed by atoms with Crippen LogP contribution in [0.4, 0.5) is 9.59 Å². The van der Waals surface area contributed by atoms with E-state index in [2.05, 4.69) is 20.9 Å². The number of amidine groups is 1. The second-order valence-electron chi connectivity index (χ2n) is 2.93. The van der Waals surface area contributed by atoms with E-state index in [0.29, 0.717) is 0 Å². The highest BCUT2D eigenvalue weighted by atomic mass is 16.5. The van der Waals surface area contributed by atoms with Gasteiger partial charge < -0.3 is 15.4 Å². The lowest BCUT2D eigenvalue weighted by Gasteiger charge is -2.10. The Morgan fingerprint density at radius 1 is 1.33 bits per heavy atom. The third kappa shape index (κ3) is 6.30. The molecule has 0 radical (unpaired) electrons. The van der Waals surface area contributed by atoms with E-state index in [0.717, 1.165) is 0 Å². The van der Waals surface area contributed by atoms with E-state index < -0.39 is 12.1 Å². The van der Waals surface area contributed by atoms with Crippen molar-refractivity contribution < 1.29 is 14.3 Å². The molecule has 0 saturated carbocycles. The van der Waals surface area contributed by atoms with Crippen LogP contribution in [-0.2, 0) is 4.74 Å². The van der Waals surface area contributed by atoms with E-state index >= 15 is 0 Å². The van der Waals surface area contributed by atoms with Gasteiger partial charge in [-0.3, -0.25) is 5.32 Å². The zero-order chi connectivity index (χ0) is 11.8. The maximum absolute atomic E-state index is 11.2. The number of amides is 4. The summed E-state index contributed by atoms with van der Waals surface area (Å²) in [5.74, 6) is 0. The predicted octanol–water partition coefficient (Wildman–Crippen LogP) is 0.0358. The van der Waals surface area contributed by atoms with Gasteiger partial charge in [-0.25, -0.2) is 9.59 Å². The number of hydrogen-bond acceptors (Lipinski definition) is 3. The number of rotatable bonds is 1. The van der Waals surface area contributed by atoms with Crippen molar-refractivity contribution in [1.29, 1.82) is 0 Å². The molecule has 7 heteroatoms. The summed E-state index contributed by atoms with van der Waals surface area (Å²) >= 11 is 0. The van der Waals surface area contributed by atoms with Crippen LogP contribution in [0.3, 0.4) is 0 Å². The molecule has 0 spiro atoms. The number of methoxy groups -OCH3 is 1. The number of hydrogen-bond donors (Lipinski definition) is 3. The number of ether oxygens (including phenoxy) is 1. The Balaban J connectivity index is 4.27. The smallest absolute Gasteiger partial charge is 0.345 e. The summed E-state index contributed by atoms with van der Waals surface area (Å²) in [7, 11) is 2.73. The predicted molar refractivity (Wildman–Crippen MR) is 55.7 cm³/mol. The molecule has 0 atom stereocenters. The summed E-state index contributed by atoms with van der Waals surface area (Å²) in [6.07, 6.45) is 0. The van der Waals surface area contributed by atoms with Crippen molar-refractivity contribution >= 4 is 18.1 Å². The highest BCUT2D eigenvalue weighted by Crippen LogP contribution is 1.81. The van der Waals surface area contributed by atoms with Crippen LogP contribution < -0.4 is 16.0 Å². The number of aliphatic imine (C=N–C) groups is 1. The van der Waals surface area contributed by atoms with Crippen molar-refractivity contribution in [3.8, 4) is 0 Å². The number of urea groups is 2. The molecule has 0 aliphatic rings. The third-order valence-electron chi connectivity index (χ3n) is 1.25. The lowest BCUT2D eigenvalue weighted by molar-refractivity contribution is 0.239. The van der Waals surface area contributed by atoms with E-state index in [1.807, 2.05) is 13.8 Å². The van der Waals surface area contributed by atoms with Gasteiger partial charge in [-0.2, -0.15) is 0 Å². The molecule has 4 amide bonds. The maximum Gasteiger partial charge on any atom is 0.345 e. The highest BCUT2D eigenvalue weighted by Gasteiger charge is 2.08. The Morgan fingerprint density at radius 3 is 2.33 bits per heavy atom. The Labute approximate surface area is 88.3 Å². The summed E-state index contributed by atoms with van der Waals surface area (Å²) in [4.78, 5) is 25.4. The number of carbonyl (C=O) groups is 2. The minimum atomic E-state index is -0.600. The van der Waals surface area contributed by atoms with Crippen LogP contribution in [0.15, 0.2) is 4.99 Å². The average Bonchev–Trinajstić information content (AvgIpc) is 2.15. The number of nitrogens with one attached hydrogen (secondary N) is 3. The average molecular weight is 216 g/mol. The van der Waals surface area contributed by atoms with Gasteiger partial charge in [0.15, 0.2) is 0 Å². The summed E-state index contributed by atoms with van der Waals surface area (Å²) in [6.45, 7) is 3.61. The molecule has 0 rings (SSSR count). The SMILES string of the molecule is CNC(=O)N=C(NC(=O)NC(C)C)OC. The van der Waals surface area contributed by atoms with E-state index in [1.54, 1.807) is 0 Å². The molecule has 0 unspecified atom stereocenters. The second-order valence-corrected chi connectivity index (χ2v) is 2.93. The van der Waals surface area contributed by atoms with Crippen molar-refractivity contribution in [3.05, 3.63) is 0 Å². The van der Waals surface area contributed by atoms with E-state index in [4.69, 9.17) is 4.74 Å². The number of carbonyl (C=O) groups excluding carboxylic acids is 2. The number of nitrogens with zero attached hydrogens (tertiary/aromatic N) is 1. The first-order valence-electron chi connectivity index (χ1n) is 4.41. The van der Waals surface area contributed by atoms with Crippen molar-refractivity contribution in [3.63, 3.8) is 0 Å². The lowest BCUT2D eigenvalue weighted by Crippen LogP contribution is -2.43. The molecular formula is C8H16N4O3. The first-order valence-corrected chi connectivity index (χ1v) is 4.41. The molecule has 0 aromatic carbocycles. The Hall–Kier alpha value is -1.79. The largest absolute Gasteiger partial charge is 0.468 e. The summed E-state index contributed by atoms with van der Waals surface area (Å²) in [5, 5.41) is 7.10. The quantitative estimate of drug-likeness (QED) is 0.426. The summed E-state index contributed by atoms with van der Waals surface area (Å²) in [5.41, 5.74) is 0. The molecule has 0 aliphatic heterocycles. The van der Waals surface area contributed by atoms with Crippen molar-refractivity contribution in [2.24, 2.45) is 4.99 Å². The maximum atomic E-state index is 11.2. The Bertz CT molecular complexity index is 263. The Kier molecular flexibility index (Phi) is 5.84. The molecule has 86 valence electrons. The molecule has 0 fully saturated rings. The van der Waals surface area contributed by atoms with E-state index in [-0.39, 0.29) is 12.1 Å². The van der Waals surface area contributed by atoms with Gasteiger partial charge in [0.25, 0.3) is 0 Å². The van der Waals surface area contributed by atoms with Crippen LogP contribution in [0.25, 0.3) is 0 Å². The van der Waals surface area contributed by atoms with Crippen LogP contribution in [0.1, 0.15) is 13.8 Å². The van der Waals surface area contributed by atoms with Crippen molar-refractivity contribution in [1.82, 2.24) is 16.0 Å². The second kappa shape index (κ2) is 6.63. The third-order valence-corrected chi connectivity index (χ3v) is 1.25. The summed E-state index contributed by atoms with van der Waals surface area (Å²) in [6, 6.07) is -1.25. The van der Waals surface area contributed by atoms with Gasteiger partial charge in [0.1, 0.15) is 0 Å². The molecule has 3 N–H and O–H groups in total. The zero-order valence-electron chi connectivity index (χ0n) is 9.25.